The van der Waals surface area contributed by atoms with Crippen molar-refractivity contribution in [2.75, 3.05) is 13.6 Å². The summed E-state index contributed by atoms with van der Waals surface area (Å²) in [6.45, 7) is 0.196. The fourth-order valence-electron chi connectivity index (χ4n) is 1.31. The Balaban J connectivity index is 2.94. The molecule has 1 aromatic rings. The van der Waals surface area contributed by atoms with E-state index in [1.54, 1.807) is 13.1 Å². The third-order valence-electron chi connectivity index (χ3n) is 2.07. The summed E-state index contributed by atoms with van der Waals surface area (Å²) < 4.78 is 13.8. The van der Waals surface area contributed by atoms with Crippen LogP contribution in [0.4, 0.5) is 4.39 Å². The summed E-state index contributed by atoms with van der Waals surface area (Å²) in [5.74, 6) is -0.535. The number of aliphatic hydroxyl groups is 2. The third kappa shape index (κ3) is 2.98. The van der Waals surface area contributed by atoms with Crippen LogP contribution in [0.1, 0.15) is 11.7 Å². The van der Waals surface area contributed by atoms with Gasteiger partial charge in [-0.1, -0.05) is 22.0 Å². The van der Waals surface area contributed by atoms with Gasteiger partial charge in [0.15, 0.2) is 0 Å². The van der Waals surface area contributed by atoms with Crippen molar-refractivity contribution < 1.29 is 14.6 Å². The molecule has 2 atom stereocenters. The molecule has 0 spiro atoms. The minimum absolute atomic E-state index is 0.0836. The van der Waals surface area contributed by atoms with Gasteiger partial charge in [0.1, 0.15) is 11.9 Å². The summed E-state index contributed by atoms with van der Waals surface area (Å²) >= 11 is 3.14. The van der Waals surface area contributed by atoms with Crippen LogP contribution in [0.15, 0.2) is 22.7 Å². The number of benzene rings is 1. The van der Waals surface area contributed by atoms with E-state index in [0.717, 1.165) is 0 Å². The van der Waals surface area contributed by atoms with E-state index < -0.39 is 18.0 Å². The zero-order valence-corrected chi connectivity index (χ0v) is 9.83. The van der Waals surface area contributed by atoms with Gasteiger partial charge in [-0.05, 0) is 19.2 Å². The largest absolute Gasteiger partial charge is 0.389 e. The zero-order valence-electron chi connectivity index (χ0n) is 8.24. The average molecular weight is 278 g/mol. The Hall–Kier alpha value is -0.490. The molecule has 0 fully saturated rings. The Bertz CT molecular complexity index is 315. The number of nitrogens with one attached hydrogen (secondary N) is 1. The van der Waals surface area contributed by atoms with Crippen molar-refractivity contribution in [3.05, 3.63) is 34.1 Å². The van der Waals surface area contributed by atoms with Gasteiger partial charge in [0, 0.05) is 16.6 Å². The van der Waals surface area contributed by atoms with E-state index in [4.69, 9.17) is 0 Å². The van der Waals surface area contributed by atoms with Gasteiger partial charge in [-0.15, -0.1) is 0 Å². The summed E-state index contributed by atoms with van der Waals surface area (Å²) in [5.41, 5.74) is 0.0836. The van der Waals surface area contributed by atoms with E-state index in [9.17, 15) is 14.6 Å². The minimum atomic E-state index is -1.24. The number of hydrogen-bond acceptors (Lipinski definition) is 3. The summed E-state index contributed by atoms with van der Waals surface area (Å²) in [7, 11) is 1.65. The Morgan fingerprint density at radius 2 is 2.13 bits per heavy atom. The molecule has 84 valence electrons. The van der Waals surface area contributed by atoms with Crippen LogP contribution in [0.3, 0.4) is 0 Å². The molecule has 0 amide bonds. The number of aliphatic hydroxyl groups excluding tert-OH is 2. The summed E-state index contributed by atoms with van der Waals surface area (Å²) in [4.78, 5) is 0. The Morgan fingerprint density at radius 1 is 1.47 bits per heavy atom. The first-order valence-electron chi connectivity index (χ1n) is 4.52. The number of rotatable bonds is 4. The van der Waals surface area contributed by atoms with Gasteiger partial charge in [0.2, 0.25) is 0 Å². The van der Waals surface area contributed by atoms with Crippen LogP contribution in [0.2, 0.25) is 0 Å². The molecule has 0 saturated carbocycles. The molecule has 3 nitrogen and oxygen atoms in total. The van der Waals surface area contributed by atoms with Crippen LogP contribution in [0, 0.1) is 5.82 Å². The molecule has 0 aromatic heterocycles. The first-order chi connectivity index (χ1) is 7.07. The monoisotopic (exact) mass is 277 g/mol. The summed E-state index contributed by atoms with van der Waals surface area (Å²) in [6.07, 6.45) is -2.28. The van der Waals surface area contributed by atoms with Crippen molar-refractivity contribution in [3.63, 3.8) is 0 Å². The number of halogens is 2. The fraction of sp³-hybridized carbons (Fsp3) is 0.400. The second-order valence-corrected chi connectivity index (χ2v) is 4.06. The maximum Gasteiger partial charge on any atom is 0.130 e. The molecular weight excluding hydrogens is 265 g/mol. The molecule has 1 aromatic carbocycles. The Labute approximate surface area is 96.1 Å². The smallest absolute Gasteiger partial charge is 0.130 e. The van der Waals surface area contributed by atoms with E-state index >= 15 is 0 Å². The van der Waals surface area contributed by atoms with Crippen molar-refractivity contribution in [3.8, 4) is 0 Å². The maximum absolute atomic E-state index is 13.4. The molecule has 15 heavy (non-hydrogen) atoms. The lowest BCUT2D eigenvalue weighted by atomic mass is 10.0. The molecule has 0 aliphatic carbocycles. The van der Waals surface area contributed by atoms with Crippen molar-refractivity contribution in [2.24, 2.45) is 0 Å². The molecule has 0 aliphatic rings. The molecular formula is C10H13BrFNO2. The maximum atomic E-state index is 13.4. The predicted octanol–water partition coefficient (Wildman–Crippen LogP) is 1.20. The van der Waals surface area contributed by atoms with Crippen molar-refractivity contribution in [1.29, 1.82) is 0 Å². The first kappa shape index (κ1) is 12.6. The van der Waals surface area contributed by atoms with Crippen LogP contribution < -0.4 is 5.32 Å². The molecule has 1 rings (SSSR count). The van der Waals surface area contributed by atoms with E-state index in [-0.39, 0.29) is 12.1 Å². The van der Waals surface area contributed by atoms with Gasteiger partial charge >= 0.3 is 0 Å². The molecule has 0 aliphatic heterocycles. The molecule has 5 heteroatoms. The van der Waals surface area contributed by atoms with Crippen molar-refractivity contribution >= 4 is 15.9 Å². The molecule has 0 bridgehead atoms. The van der Waals surface area contributed by atoms with E-state index in [1.807, 2.05) is 0 Å². The summed E-state index contributed by atoms with van der Waals surface area (Å²) in [6, 6.07) is 4.39. The van der Waals surface area contributed by atoms with Gasteiger partial charge in [0.05, 0.1) is 6.10 Å². The van der Waals surface area contributed by atoms with E-state index in [1.165, 1.54) is 12.1 Å². The lowest BCUT2D eigenvalue weighted by molar-refractivity contribution is 0.0177. The second kappa shape index (κ2) is 5.55. The zero-order chi connectivity index (χ0) is 11.4. The predicted molar refractivity (Wildman–Crippen MR) is 59.0 cm³/mol. The molecule has 3 N–H and O–H groups in total. The SMILES string of the molecule is CNCC(O)C(O)c1c(F)cccc1Br. The number of hydrogen-bond donors (Lipinski definition) is 3. The standard InChI is InChI=1S/C10H13BrFNO2/c1-13-5-8(14)10(15)9-6(11)3-2-4-7(9)12/h2-4,8,10,13-15H,5H2,1H3. The highest BCUT2D eigenvalue weighted by Gasteiger charge is 2.22. The molecule has 0 saturated heterocycles. The van der Waals surface area contributed by atoms with E-state index in [2.05, 4.69) is 21.2 Å². The summed E-state index contributed by atoms with van der Waals surface area (Å²) in [5, 5.41) is 22.0. The van der Waals surface area contributed by atoms with Crippen molar-refractivity contribution in [1.82, 2.24) is 5.32 Å². The number of likely N-dealkylation sites (N-methyl/N-ethyl adjacent to an activating group) is 1. The normalized spacial score (nSPS) is 15.0. The average Bonchev–Trinajstić information content (AvgIpc) is 2.17. The van der Waals surface area contributed by atoms with Gasteiger partial charge in [-0.2, -0.15) is 0 Å². The molecule has 0 heterocycles. The topological polar surface area (TPSA) is 52.5 Å². The highest BCUT2D eigenvalue weighted by atomic mass is 79.9. The second-order valence-electron chi connectivity index (χ2n) is 3.21. The Morgan fingerprint density at radius 3 is 2.67 bits per heavy atom. The fourth-order valence-corrected chi connectivity index (χ4v) is 1.88. The van der Waals surface area contributed by atoms with E-state index in [0.29, 0.717) is 4.47 Å². The Kier molecular flexibility index (Phi) is 4.66. The highest BCUT2D eigenvalue weighted by molar-refractivity contribution is 9.10. The lowest BCUT2D eigenvalue weighted by Crippen LogP contribution is -2.30. The van der Waals surface area contributed by atoms with Gasteiger partial charge in [-0.3, -0.25) is 0 Å². The van der Waals surface area contributed by atoms with Crippen LogP contribution in [-0.2, 0) is 0 Å². The third-order valence-corrected chi connectivity index (χ3v) is 2.76. The van der Waals surface area contributed by atoms with Gasteiger partial charge < -0.3 is 15.5 Å². The van der Waals surface area contributed by atoms with Crippen LogP contribution in [0.25, 0.3) is 0 Å². The highest BCUT2D eigenvalue weighted by Crippen LogP contribution is 2.28. The van der Waals surface area contributed by atoms with Crippen molar-refractivity contribution in [2.45, 2.75) is 12.2 Å². The van der Waals surface area contributed by atoms with Gasteiger partial charge in [-0.25, -0.2) is 4.39 Å². The quantitative estimate of drug-likeness (QED) is 0.775. The van der Waals surface area contributed by atoms with Crippen LogP contribution >= 0.6 is 15.9 Å². The molecule has 2 unspecified atom stereocenters. The minimum Gasteiger partial charge on any atom is -0.389 e. The van der Waals surface area contributed by atoms with Gasteiger partial charge in [0.25, 0.3) is 0 Å². The van der Waals surface area contributed by atoms with Crippen LogP contribution in [-0.4, -0.2) is 29.9 Å². The molecule has 0 radical (unpaired) electrons. The first-order valence-corrected chi connectivity index (χ1v) is 5.32. The van der Waals surface area contributed by atoms with Crippen LogP contribution in [0.5, 0.6) is 0 Å². The lowest BCUT2D eigenvalue weighted by Gasteiger charge is -2.19.